The molecule has 6 heteroatoms. The second-order valence-electron chi connectivity index (χ2n) is 7.05. The van der Waals surface area contributed by atoms with E-state index in [9.17, 15) is 4.79 Å². The first kappa shape index (κ1) is 18.7. The molecule has 0 aliphatic heterocycles. The number of aromatic nitrogens is 3. The van der Waals surface area contributed by atoms with Gasteiger partial charge in [-0.2, -0.15) is 0 Å². The number of hydrogen-bond acceptors (Lipinski definition) is 4. The van der Waals surface area contributed by atoms with Crippen molar-refractivity contribution in [3.8, 4) is 5.69 Å². The fourth-order valence-corrected chi connectivity index (χ4v) is 4.17. The van der Waals surface area contributed by atoms with Gasteiger partial charge in [0.2, 0.25) is 5.91 Å². The molecule has 4 rings (SSSR count). The summed E-state index contributed by atoms with van der Waals surface area (Å²) in [5.41, 5.74) is 3.48. The van der Waals surface area contributed by atoms with Crippen LogP contribution in [0, 0.1) is 5.92 Å². The standard InChI is InChI=1S/C22H24N4OS/c1-2-16-8-6-7-11-19(16)26-15-23-25-22(26)28-14-20(27)24-21(18-12-13-18)17-9-4-3-5-10-17/h3-11,15,18,21H,2,12-14H2,1H3,(H,24,27). The number of para-hydroxylation sites is 1. The zero-order valence-corrected chi connectivity index (χ0v) is 16.7. The van der Waals surface area contributed by atoms with E-state index < -0.39 is 0 Å². The van der Waals surface area contributed by atoms with E-state index in [-0.39, 0.29) is 11.9 Å². The molecule has 1 unspecified atom stereocenters. The van der Waals surface area contributed by atoms with E-state index in [0.717, 1.165) is 17.3 Å². The predicted octanol–water partition coefficient (Wildman–Crippen LogP) is 4.19. The third-order valence-corrected chi connectivity index (χ3v) is 5.99. The number of rotatable bonds is 8. The SMILES string of the molecule is CCc1ccccc1-n1cnnc1SCC(=O)NC(c1ccccc1)C1CC1. The van der Waals surface area contributed by atoms with Gasteiger partial charge in [-0.25, -0.2) is 0 Å². The molecule has 3 aromatic rings. The van der Waals surface area contributed by atoms with Crippen LogP contribution in [0.25, 0.3) is 5.69 Å². The molecule has 28 heavy (non-hydrogen) atoms. The summed E-state index contributed by atoms with van der Waals surface area (Å²) in [6, 6.07) is 18.6. The molecule has 0 saturated heterocycles. The van der Waals surface area contributed by atoms with Crippen molar-refractivity contribution in [3.05, 3.63) is 72.1 Å². The number of aryl methyl sites for hydroxylation is 1. The summed E-state index contributed by atoms with van der Waals surface area (Å²) in [6.07, 6.45) is 5.00. The smallest absolute Gasteiger partial charge is 0.230 e. The van der Waals surface area contributed by atoms with Crippen LogP contribution in [-0.2, 0) is 11.2 Å². The number of thioether (sulfide) groups is 1. The first-order valence-corrected chi connectivity index (χ1v) is 10.7. The molecule has 0 radical (unpaired) electrons. The van der Waals surface area contributed by atoms with Crippen LogP contribution < -0.4 is 5.32 Å². The molecule has 1 heterocycles. The number of hydrogen-bond donors (Lipinski definition) is 1. The highest BCUT2D eigenvalue weighted by molar-refractivity contribution is 7.99. The molecule has 1 aliphatic rings. The molecule has 1 fully saturated rings. The van der Waals surface area contributed by atoms with E-state index >= 15 is 0 Å². The van der Waals surface area contributed by atoms with Crippen LogP contribution in [0.2, 0.25) is 0 Å². The summed E-state index contributed by atoms with van der Waals surface area (Å²) in [6.45, 7) is 2.13. The van der Waals surface area contributed by atoms with E-state index in [4.69, 9.17) is 0 Å². The Hall–Kier alpha value is -2.60. The van der Waals surface area contributed by atoms with Crippen LogP contribution in [0.1, 0.15) is 36.9 Å². The average molecular weight is 393 g/mol. The summed E-state index contributed by atoms with van der Waals surface area (Å²) in [4.78, 5) is 12.6. The maximum absolute atomic E-state index is 12.6. The molecule has 1 saturated carbocycles. The Morgan fingerprint density at radius 1 is 1.18 bits per heavy atom. The molecule has 1 aromatic heterocycles. The third kappa shape index (κ3) is 4.28. The van der Waals surface area contributed by atoms with Gasteiger partial charge in [0.1, 0.15) is 6.33 Å². The number of amides is 1. The number of nitrogens with zero attached hydrogens (tertiary/aromatic N) is 3. The fraction of sp³-hybridized carbons (Fsp3) is 0.318. The van der Waals surface area contributed by atoms with Gasteiger partial charge < -0.3 is 5.32 Å². The minimum absolute atomic E-state index is 0.0316. The zero-order valence-electron chi connectivity index (χ0n) is 15.9. The minimum Gasteiger partial charge on any atom is -0.348 e. The van der Waals surface area contributed by atoms with Crippen LogP contribution in [0.3, 0.4) is 0 Å². The second kappa shape index (κ2) is 8.61. The van der Waals surface area contributed by atoms with Crippen molar-refractivity contribution in [1.29, 1.82) is 0 Å². The van der Waals surface area contributed by atoms with Crippen molar-refractivity contribution in [2.24, 2.45) is 5.92 Å². The maximum Gasteiger partial charge on any atom is 0.230 e. The first-order chi connectivity index (χ1) is 13.8. The molecule has 1 atom stereocenters. The monoisotopic (exact) mass is 392 g/mol. The van der Waals surface area contributed by atoms with Crippen LogP contribution in [0.4, 0.5) is 0 Å². The summed E-state index contributed by atoms with van der Waals surface area (Å²) in [5.74, 6) is 0.906. The minimum atomic E-state index is 0.0316. The van der Waals surface area contributed by atoms with Crippen LogP contribution in [0.5, 0.6) is 0 Å². The van der Waals surface area contributed by atoms with Gasteiger partial charge in [0.25, 0.3) is 0 Å². The molecule has 5 nitrogen and oxygen atoms in total. The lowest BCUT2D eigenvalue weighted by atomic mass is 10.0. The summed E-state index contributed by atoms with van der Waals surface area (Å²) < 4.78 is 1.96. The largest absolute Gasteiger partial charge is 0.348 e. The van der Waals surface area contributed by atoms with E-state index in [2.05, 4.69) is 46.7 Å². The Morgan fingerprint density at radius 2 is 1.93 bits per heavy atom. The lowest BCUT2D eigenvalue weighted by molar-refractivity contribution is -0.119. The molecule has 144 valence electrons. The van der Waals surface area contributed by atoms with Crippen LogP contribution in [0.15, 0.2) is 66.1 Å². The van der Waals surface area contributed by atoms with E-state index in [0.29, 0.717) is 11.7 Å². The van der Waals surface area contributed by atoms with Gasteiger partial charge in [0, 0.05) is 0 Å². The highest BCUT2D eigenvalue weighted by Gasteiger charge is 2.33. The normalized spacial score (nSPS) is 14.6. The van der Waals surface area contributed by atoms with Gasteiger partial charge in [0.05, 0.1) is 17.5 Å². The molecular weight excluding hydrogens is 368 g/mol. The van der Waals surface area contributed by atoms with Gasteiger partial charge in [-0.15, -0.1) is 10.2 Å². The molecule has 0 spiro atoms. The van der Waals surface area contributed by atoms with Crippen LogP contribution in [-0.4, -0.2) is 26.4 Å². The predicted molar refractivity (Wildman–Crippen MR) is 112 cm³/mol. The lowest BCUT2D eigenvalue weighted by Crippen LogP contribution is -2.31. The number of benzene rings is 2. The Morgan fingerprint density at radius 3 is 2.68 bits per heavy atom. The topological polar surface area (TPSA) is 59.8 Å². The Kier molecular flexibility index (Phi) is 5.76. The number of carbonyl (C=O) groups is 1. The van der Waals surface area contributed by atoms with Crippen LogP contribution >= 0.6 is 11.8 Å². The molecule has 2 aromatic carbocycles. The first-order valence-electron chi connectivity index (χ1n) is 9.71. The van der Waals surface area contributed by atoms with Crippen molar-refractivity contribution in [2.75, 3.05) is 5.75 Å². The highest BCUT2D eigenvalue weighted by Crippen LogP contribution is 2.41. The van der Waals surface area contributed by atoms with Gasteiger partial charge in [-0.3, -0.25) is 9.36 Å². The fourth-order valence-electron chi connectivity index (χ4n) is 3.44. The number of nitrogens with one attached hydrogen (secondary N) is 1. The second-order valence-corrected chi connectivity index (χ2v) is 7.99. The van der Waals surface area contributed by atoms with E-state index in [1.165, 1.54) is 35.7 Å². The molecular formula is C22H24N4OS. The summed E-state index contributed by atoms with van der Waals surface area (Å²) >= 11 is 1.42. The number of carbonyl (C=O) groups excluding carboxylic acids is 1. The van der Waals surface area contributed by atoms with Gasteiger partial charge in [-0.05, 0) is 42.4 Å². The highest BCUT2D eigenvalue weighted by atomic mass is 32.2. The molecule has 0 bridgehead atoms. The van der Waals surface area contributed by atoms with Gasteiger partial charge in [-0.1, -0.05) is 67.2 Å². The molecule has 1 aliphatic carbocycles. The van der Waals surface area contributed by atoms with Crippen molar-refractivity contribution >= 4 is 17.7 Å². The van der Waals surface area contributed by atoms with Crippen molar-refractivity contribution < 1.29 is 4.79 Å². The zero-order chi connectivity index (χ0) is 19.3. The molecule has 1 amide bonds. The van der Waals surface area contributed by atoms with Gasteiger partial charge >= 0.3 is 0 Å². The van der Waals surface area contributed by atoms with E-state index in [1.807, 2.05) is 34.9 Å². The maximum atomic E-state index is 12.6. The Balaban J connectivity index is 1.43. The quantitative estimate of drug-likeness (QED) is 0.584. The van der Waals surface area contributed by atoms with Crippen molar-refractivity contribution in [1.82, 2.24) is 20.1 Å². The van der Waals surface area contributed by atoms with Crippen molar-refractivity contribution in [3.63, 3.8) is 0 Å². The Bertz CT molecular complexity index is 936. The third-order valence-electron chi connectivity index (χ3n) is 5.05. The molecule has 1 N–H and O–H groups in total. The summed E-state index contributed by atoms with van der Waals surface area (Å²) in [7, 11) is 0. The van der Waals surface area contributed by atoms with E-state index in [1.54, 1.807) is 6.33 Å². The van der Waals surface area contributed by atoms with Gasteiger partial charge in [0.15, 0.2) is 5.16 Å². The summed E-state index contributed by atoms with van der Waals surface area (Å²) in [5, 5.41) is 12.2. The lowest BCUT2D eigenvalue weighted by Gasteiger charge is -2.18. The average Bonchev–Trinajstić information content (AvgIpc) is 3.48. The van der Waals surface area contributed by atoms with Crippen molar-refractivity contribution in [2.45, 2.75) is 37.4 Å². The Labute approximate surface area is 169 Å².